The van der Waals surface area contributed by atoms with Crippen LogP contribution in [0.1, 0.15) is 17.4 Å². The molecule has 27 heavy (non-hydrogen) atoms. The number of aromatic nitrogens is 2. The predicted molar refractivity (Wildman–Crippen MR) is 96.0 cm³/mol. The lowest BCUT2D eigenvalue weighted by Gasteiger charge is -2.33. The van der Waals surface area contributed by atoms with Gasteiger partial charge in [0, 0.05) is 44.9 Å². The van der Waals surface area contributed by atoms with Crippen LogP contribution in [-0.2, 0) is 4.79 Å². The van der Waals surface area contributed by atoms with E-state index in [1.54, 1.807) is 9.80 Å². The van der Waals surface area contributed by atoms with E-state index in [-0.39, 0.29) is 24.3 Å². The molecule has 2 aromatic rings. The van der Waals surface area contributed by atoms with Crippen LogP contribution in [0.25, 0.3) is 0 Å². The summed E-state index contributed by atoms with van der Waals surface area (Å²) in [6, 6.07) is 5.48. The summed E-state index contributed by atoms with van der Waals surface area (Å²) in [6.45, 7) is 3.83. The molecule has 2 aliphatic heterocycles. The molecule has 0 atom stereocenters. The zero-order valence-corrected chi connectivity index (χ0v) is 14.8. The molecule has 1 N–H and O–H groups in total. The molecule has 4 rings (SSSR count). The van der Waals surface area contributed by atoms with Crippen molar-refractivity contribution in [1.82, 2.24) is 19.8 Å². The quantitative estimate of drug-likeness (QED) is 0.870. The van der Waals surface area contributed by atoms with Gasteiger partial charge in [-0.25, -0.2) is 9.97 Å². The van der Waals surface area contributed by atoms with Gasteiger partial charge in [0.25, 0.3) is 5.91 Å². The first-order valence-corrected chi connectivity index (χ1v) is 8.63. The van der Waals surface area contributed by atoms with Crippen LogP contribution in [0.4, 0.5) is 11.5 Å². The maximum Gasteiger partial charge on any atom is 0.274 e. The minimum Gasteiger partial charge on any atom is -0.454 e. The smallest absolute Gasteiger partial charge is 0.274 e. The van der Waals surface area contributed by atoms with Crippen LogP contribution in [0, 0.1) is 0 Å². The van der Waals surface area contributed by atoms with Gasteiger partial charge in [0.15, 0.2) is 11.5 Å². The highest BCUT2D eigenvalue weighted by Crippen LogP contribution is 2.34. The lowest BCUT2D eigenvalue weighted by atomic mass is 10.2. The van der Waals surface area contributed by atoms with E-state index < -0.39 is 0 Å². The Morgan fingerprint density at radius 2 is 1.74 bits per heavy atom. The molecular weight excluding hydrogens is 350 g/mol. The summed E-state index contributed by atoms with van der Waals surface area (Å²) < 4.78 is 10.6. The summed E-state index contributed by atoms with van der Waals surface area (Å²) in [5.74, 6) is 1.75. The Labute approximate surface area is 155 Å². The molecule has 0 unspecified atom stereocenters. The van der Waals surface area contributed by atoms with Gasteiger partial charge >= 0.3 is 0 Å². The first kappa shape index (κ1) is 17.1. The number of anilines is 2. The van der Waals surface area contributed by atoms with Crippen LogP contribution in [-0.4, -0.2) is 64.6 Å². The SMILES string of the molecule is CC(=O)N1CCN(C(=O)c2cnc(Nc3ccc4c(c3)OCO4)cn2)CC1. The molecule has 3 heterocycles. The van der Waals surface area contributed by atoms with E-state index in [2.05, 4.69) is 15.3 Å². The maximum absolute atomic E-state index is 12.5. The molecule has 9 nitrogen and oxygen atoms in total. The second-order valence-corrected chi connectivity index (χ2v) is 6.28. The first-order chi connectivity index (χ1) is 13.1. The van der Waals surface area contributed by atoms with Crippen LogP contribution in [0.15, 0.2) is 30.6 Å². The monoisotopic (exact) mass is 369 g/mol. The standard InChI is InChI=1S/C18H19N5O4/c1-12(24)22-4-6-23(7-5-22)18(25)14-9-20-17(10-19-14)21-13-2-3-15-16(8-13)27-11-26-15/h2-3,8-10H,4-7,11H2,1H3,(H,20,21). The highest BCUT2D eigenvalue weighted by Gasteiger charge is 2.24. The Bertz CT molecular complexity index is 863. The van der Waals surface area contributed by atoms with Crippen molar-refractivity contribution in [3.05, 3.63) is 36.3 Å². The van der Waals surface area contributed by atoms with Crippen molar-refractivity contribution in [2.45, 2.75) is 6.92 Å². The van der Waals surface area contributed by atoms with Crippen LogP contribution in [0.2, 0.25) is 0 Å². The van der Waals surface area contributed by atoms with Gasteiger partial charge in [-0.05, 0) is 12.1 Å². The minimum atomic E-state index is -0.180. The predicted octanol–water partition coefficient (Wildman–Crippen LogP) is 1.25. The molecule has 0 saturated carbocycles. The van der Waals surface area contributed by atoms with Gasteiger partial charge in [-0.15, -0.1) is 0 Å². The van der Waals surface area contributed by atoms with Crippen molar-refractivity contribution in [3.63, 3.8) is 0 Å². The highest BCUT2D eigenvalue weighted by atomic mass is 16.7. The van der Waals surface area contributed by atoms with Crippen LogP contribution in [0.5, 0.6) is 11.5 Å². The molecule has 9 heteroatoms. The summed E-state index contributed by atoms with van der Waals surface area (Å²) >= 11 is 0. The van der Waals surface area contributed by atoms with E-state index in [4.69, 9.17) is 9.47 Å². The molecule has 0 aliphatic carbocycles. The Morgan fingerprint density at radius 1 is 1.00 bits per heavy atom. The van der Waals surface area contributed by atoms with Crippen molar-refractivity contribution >= 4 is 23.3 Å². The Balaban J connectivity index is 1.39. The van der Waals surface area contributed by atoms with Crippen LogP contribution >= 0.6 is 0 Å². The largest absolute Gasteiger partial charge is 0.454 e. The second kappa shape index (κ2) is 7.10. The summed E-state index contributed by atoms with van der Waals surface area (Å²) in [5.41, 5.74) is 1.07. The number of hydrogen-bond donors (Lipinski definition) is 1. The molecule has 1 fully saturated rings. The van der Waals surface area contributed by atoms with Crippen molar-refractivity contribution in [3.8, 4) is 11.5 Å². The number of amides is 2. The average molecular weight is 369 g/mol. The summed E-state index contributed by atoms with van der Waals surface area (Å²) in [6.07, 6.45) is 2.97. The lowest BCUT2D eigenvalue weighted by molar-refractivity contribution is -0.130. The number of fused-ring (bicyclic) bond motifs is 1. The fourth-order valence-electron chi connectivity index (χ4n) is 3.01. The molecule has 0 radical (unpaired) electrons. The van der Waals surface area contributed by atoms with Gasteiger partial charge in [-0.2, -0.15) is 0 Å². The third-order valence-electron chi connectivity index (χ3n) is 4.53. The zero-order chi connectivity index (χ0) is 18.8. The van der Waals surface area contributed by atoms with E-state index in [1.807, 2.05) is 18.2 Å². The molecule has 1 aromatic heterocycles. The van der Waals surface area contributed by atoms with Crippen LogP contribution in [0.3, 0.4) is 0 Å². The maximum atomic E-state index is 12.5. The molecule has 140 valence electrons. The van der Waals surface area contributed by atoms with Gasteiger partial charge in [0.1, 0.15) is 11.5 Å². The molecule has 0 bridgehead atoms. The number of carbonyl (C=O) groups excluding carboxylic acids is 2. The number of hydrogen-bond acceptors (Lipinski definition) is 7. The third kappa shape index (κ3) is 3.62. The van der Waals surface area contributed by atoms with E-state index in [0.717, 1.165) is 5.69 Å². The number of nitrogens with zero attached hydrogens (tertiary/aromatic N) is 4. The molecular formula is C18H19N5O4. The van der Waals surface area contributed by atoms with Gasteiger partial charge in [-0.1, -0.05) is 0 Å². The van der Waals surface area contributed by atoms with Gasteiger partial charge in [0.2, 0.25) is 12.7 Å². The van der Waals surface area contributed by atoms with Crippen molar-refractivity contribution in [2.24, 2.45) is 0 Å². The van der Waals surface area contributed by atoms with Gasteiger partial charge in [-0.3, -0.25) is 9.59 Å². The summed E-state index contributed by atoms with van der Waals surface area (Å²) in [7, 11) is 0. The van der Waals surface area contributed by atoms with Gasteiger partial charge in [0.05, 0.1) is 12.4 Å². The number of rotatable bonds is 3. The number of nitrogens with one attached hydrogen (secondary N) is 1. The Hall–Kier alpha value is -3.36. The van der Waals surface area contributed by atoms with E-state index >= 15 is 0 Å². The van der Waals surface area contributed by atoms with Crippen molar-refractivity contribution in [1.29, 1.82) is 0 Å². The third-order valence-corrected chi connectivity index (χ3v) is 4.53. The lowest BCUT2D eigenvalue weighted by Crippen LogP contribution is -2.50. The molecule has 0 spiro atoms. The number of benzene rings is 1. The summed E-state index contributed by atoms with van der Waals surface area (Å²) in [4.78, 5) is 35.8. The topological polar surface area (TPSA) is 96.9 Å². The van der Waals surface area contributed by atoms with Crippen LogP contribution < -0.4 is 14.8 Å². The van der Waals surface area contributed by atoms with Gasteiger partial charge < -0.3 is 24.6 Å². The number of carbonyl (C=O) groups is 2. The fraction of sp³-hybridized carbons (Fsp3) is 0.333. The van der Waals surface area contributed by atoms with Crippen molar-refractivity contribution in [2.75, 3.05) is 38.3 Å². The molecule has 2 aliphatic rings. The Morgan fingerprint density at radius 3 is 2.44 bits per heavy atom. The summed E-state index contributed by atoms with van der Waals surface area (Å²) in [5, 5.41) is 3.12. The van der Waals surface area contributed by atoms with E-state index in [9.17, 15) is 9.59 Å². The minimum absolute atomic E-state index is 0.0286. The van der Waals surface area contributed by atoms with E-state index in [1.165, 1.54) is 19.3 Å². The highest BCUT2D eigenvalue weighted by molar-refractivity contribution is 5.92. The molecule has 1 saturated heterocycles. The second-order valence-electron chi connectivity index (χ2n) is 6.28. The van der Waals surface area contributed by atoms with Crippen molar-refractivity contribution < 1.29 is 19.1 Å². The molecule has 1 aromatic carbocycles. The average Bonchev–Trinajstić information content (AvgIpc) is 3.16. The fourth-order valence-corrected chi connectivity index (χ4v) is 3.01. The number of piperazine rings is 1. The van der Waals surface area contributed by atoms with E-state index in [0.29, 0.717) is 43.5 Å². The zero-order valence-electron chi connectivity index (χ0n) is 14.8. The number of ether oxygens (including phenoxy) is 2. The molecule has 2 amide bonds. The first-order valence-electron chi connectivity index (χ1n) is 8.63. The Kier molecular flexibility index (Phi) is 4.49. The normalized spacial score (nSPS) is 15.6.